The Labute approximate surface area is 141 Å². The number of aromatic nitrogens is 6. The SMILES string of the molecule is O=C([O-])c1cc[nH]n1.O=C([O-])c1cc[nH]n1.O=C([O-])c1cc[nH]n1.[B+3]. The van der Waals surface area contributed by atoms with Crippen LogP contribution in [0.1, 0.15) is 31.5 Å². The Balaban J connectivity index is 0.000000339. The fourth-order valence-electron chi connectivity index (χ4n) is 1.12. The van der Waals surface area contributed by atoms with Crippen LogP contribution < -0.4 is 15.3 Å². The second-order valence-electron chi connectivity index (χ2n) is 3.74. The van der Waals surface area contributed by atoms with Gasteiger partial charge in [0.2, 0.25) is 0 Å². The number of aromatic amines is 3. The molecule has 0 saturated heterocycles. The third-order valence-electron chi connectivity index (χ3n) is 2.13. The van der Waals surface area contributed by atoms with Crippen LogP contribution in [0.5, 0.6) is 0 Å². The van der Waals surface area contributed by atoms with Crippen molar-refractivity contribution in [1.82, 2.24) is 30.6 Å². The van der Waals surface area contributed by atoms with Crippen LogP contribution in [0.15, 0.2) is 36.8 Å². The molecule has 3 heterocycles. The van der Waals surface area contributed by atoms with E-state index in [1.165, 1.54) is 36.8 Å². The topological polar surface area (TPSA) is 206 Å². The molecule has 13 heteroatoms. The number of nitrogens with zero attached hydrogens (tertiary/aromatic N) is 3. The molecule has 12 nitrogen and oxygen atoms in total. The van der Waals surface area contributed by atoms with E-state index < -0.39 is 17.9 Å². The smallest absolute Gasteiger partial charge is 0.543 e. The molecule has 0 aliphatic rings. The first-order valence-electron chi connectivity index (χ1n) is 6.05. The molecule has 0 bridgehead atoms. The molecule has 0 unspecified atom stereocenters. The maximum atomic E-state index is 9.87. The zero-order valence-corrected chi connectivity index (χ0v) is 12.3. The van der Waals surface area contributed by atoms with Crippen LogP contribution in [0.2, 0.25) is 0 Å². The third kappa shape index (κ3) is 7.78. The van der Waals surface area contributed by atoms with Crippen LogP contribution >= 0.6 is 0 Å². The van der Waals surface area contributed by atoms with Crippen molar-refractivity contribution < 1.29 is 29.7 Å². The second kappa shape index (κ2) is 10.8. The Hall–Kier alpha value is -3.90. The fourth-order valence-corrected chi connectivity index (χ4v) is 1.12. The largest absolute Gasteiger partial charge is 3.00 e. The quantitative estimate of drug-likeness (QED) is 0.394. The van der Waals surface area contributed by atoms with E-state index in [-0.39, 0.29) is 25.5 Å². The average Bonchev–Trinajstić information content (AvgIpc) is 3.29. The van der Waals surface area contributed by atoms with Crippen molar-refractivity contribution in [2.24, 2.45) is 0 Å². The van der Waals surface area contributed by atoms with Gasteiger partial charge in [0.15, 0.2) is 0 Å². The van der Waals surface area contributed by atoms with E-state index in [1.54, 1.807) is 0 Å². The molecule has 0 amide bonds. The van der Waals surface area contributed by atoms with Gasteiger partial charge < -0.3 is 29.7 Å². The molecule has 126 valence electrons. The monoisotopic (exact) mass is 344 g/mol. The zero-order valence-electron chi connectivity index (χ0n) is 12.3. The second-order valence-corrected chi connectivity index (χ2v) is 3.74. The summed E-state index contributed by atoms with van der Waals surface area (Å²) in [6.07, 6.45) is 4.27. The Morgan fingerprint density at radius 2 is 0.880 bits per heavy atom. The summed E-state index contributed by atoms with van der Waals surface area (Å²) < 4.78 is 0. The number of carboxylic acids is 3. The molecule has 0 spiro atoms. The molecule has 0 aliphatic carbocycles. The number of carboxylic acid groups (broad SMARTS) is 3. The number of nitrogens with one attached hydrogen (secondary N) is 3. The summed E-state index contributed by atoms with van der Waals surface area (Å²) in [6.45, 7) is 0. The Kier molecular flexibility index (Phi) is 9.09. The van der Waals surface area contributed by atoms with E-state index in [1.807, 2.05) is 0 Å². The first-order chi connectivity index (χ1) is 11.4. The number of hydrogen-bond acceptors (Lipinski definition) is 9. The summed E-state index contributed by atoms with van der Waals surface area (Å²) in [5, 5.41) is 46.6. The van der Waals surface area contributed by atoms with Crippen LogP contribution in [0.4, 0.5) is 0 Å². The van der Waals surface area contributed by atoms with Crippen LogP contribution in [-0.2, 0) is 0 Å². The molecule has 0 saturated carbocycles. The third-order valence-corrected chi connectivity index (χ3v) is 2.13. The van der Waals surface area contributed by atoms with Crippen LogP contribution in [0.3, 0.4) is 0 Å². The Bertz CT molecular complexity index is 651. The number of H-pyrrole nitrogens is 3. The van der Waals surface area contributed by atoms with Gasteiger partial charge in [-0.15, -0.1) is 0 Å². The van der Waals surface area contributed by atoms with E-state index in [0.29, 0.717) is 0 Å². The van der Waals surface area contributed by atoms with Gasteiger partial charge in [-0.2, -0.15) is 15.3 Å². The van der Waals surface area contributed by atoms with E-state index in [9.17, 15) is 29.7 Å². The summed E-state index contributed by atoms with van der Waals surface area (Å²) >= 11 is 0. The number of hydrogen-bond donors (Lipinski definition) is 3. The van der Waals surface area contributed by atoms with E-state index in [4.69, 9.17) is 0 Å². The molecular weight excluding hydrogens is 335 g/mol. The molecule has 0 atom stereocenters. The predicted octanol–water partition coefficient (Wildman–Crippen LogP) is -4.06. The van der Waals surface area contributed by atoms with Crippen molar-refractivity contribution >= 4 is 26.3 Å². The minimum Gasteiger partial charge on any atom is -0.543 e. The van der Waals surface area contributed by atoms with Crippen LogP contribution in [0.25, 0.3) is 0 Å². The summed E-state index contributed by atoms with van der Waals surface area (Å²) in [6, 6.07) is 3.99. The zero-order chi connectivity index (χ0) is 17.9. The molecule has 3 aromatic heterocycles. The minimum absolute atomic E-state index is 0. The van der Waals surface area contributed by atoms with Gasteiger partial charge in [-0.3, -0.25) is 15.3 Å². The fraction of sp³-hybridized carbons (Fsp3) is 0. The van der Waals surface area contributed by atoms with Gasteiger partial charge >= 0.3 is 8.41 Å². The summed E-state index contributed by atoms with van der Waals surface area (Å²) in [5.41, 5.74) is -0.194. The standard InChI is InChI=1S/3C4H4N2O2.B/c3*7-4(8)3-1-2-5-6-3;/h3*1-2H,(H,5,6)(H,7,8);/q;;;+3/p-3. The van der Waals surface area contributed by atoms with Crippen molar-refractivity contribution in [3.05, 3.63) is 53.9 Å². The van der Waals surface area contributed by atoms with Crippen molar-refractivity contribution in [3.8, 4) is 0 Å². The average molecular weight is 344 g/mol. The summed E-state index contributed by atoms with van der Waals surface area (Å²) in [7, 11) is 0. The molecule has 0 aliphatic heterocycles. The van der Waals surface area contributed by atoms with Gasteiger partial charge in [-0.1, -0.05) is 0 Å². The van der Waals surface area contributed by atoms with Crippen LogP contribution in [-0.4, -0.2) is 56.9 Å². The first kappa shape index (κ1) is 21.1. The van der Waals surface area contributed by atoms with Crippen molar-refractivity contribution in [2.45, 2.75) is 0 Å². The van der Waals surface area contributed by atoms with Crippen molar-refractivity contribution in [2.75, 3.05) is 0 Å². The van der Waals surface area contributed by atoms with Gasteiger partial charge in [0, 0.05) is 18.6 Å². The molecule has 0 aromatic carbocycles. The number of rotatable bonds is 3. The molecular formula is C12H9BN6O6. The molecule has 3 N–H and O–H groups in total. The normalized spacial score (nSPS) is 8.64. The summed E-state index contributed by atoms with van der Waals surface area (Å²) in [5.74, 6) is -3.77. The molecule has 3 aromatic rings. The van der Waals surface area contributed by atoms with Gasteiger partial charge in [0.05, 0.1) is 17.9 Å². The number of carbonyl (C=O) groups is 3. The number of aromatic carboxylic acids is 3. The van der Waals surface area contributed by atoms with E-state index in [2.05, 4.69) is 30.6 Å². The van der Waals surface area contributed by atoms with E-state index in [0.717, 1.165) is 0 Å². The van der Waals surface area contributed by atoms with Gasteiger partial charge in [-0.25, -0.2) is 0 Å². The molecule has 3 rings (SSSR count). The summed E-state index contributed by atoms with van der Waals surface area (Å²) in [4.78, 5) is 29.6. The predicted molar refractivity (Wildman–Crippen MR) is 74.5 cm³/mol. The Morgan fingerprint density at radius 1 is 0.640 bits per heavy atom. The van der Waals surface area contributed by atoms with Crippen molar-refractivity contribution in [1.29, 1.82) is 0 Å². The van der Waals surface area contributed by atoms with Gasteiger partial charge in [-0.05, 0) is 18.2 Å². The molecule has 25 heavy (non-hydrogen) atoms. The van der Waals surface area contributed by atoms with Gasteiger partial charge in [0.1, 0.15) is 17.1 Å². The van der Waals surface area contributed by atoms with Crippen molar-refractivity contribution in [3.63, 3.8) is 0 Å². The maximum Gasteiger partial charge on any atom is 3.00 e. The molecule has 0 fully saturated rings. The van der Waals surface area contributed by atoms with Gasteiger partial charge in [0.25, 0.3) is 0 Å². The number of carbonyl (C=O) groups excluding carboxylic acids is 3. The van der Waals surface area contributed by atoms with Crippen LogP contribution in [0, 0.1) is 0 Å². The Morgan fingerprint density at radius 3 is 0.960 bits per heavy atom. The molecule has 0 radical (unpaired) electrons. The maximum absolute atomic E-state index is 9.87. The van der Waals surface area contributed by atoms with E-state index >= 15 is 0 Å². The minimum atomic E-state index is -1.26. The first-order valence-corrected chi connectivity index (χ1v) is 6.05.